The smallest absolute Gasteiger partial charge is 0.337 e. The second kappa shape index (κ2) is 6.13. The van der Waals surface area contributed by atoms with E-state index in [-0.39, 0.29) is 16.4 Å². The fraction of sp³-hybridized carbons (Fsp3) is 0.500. The zero-order chi connectivity index (χ0) is 20.4. The first-order valence-corrected chi connectivity index (χ1v) is 11.2. The molecular formula is C20H22N2O6S. The van der Waals surface area contributed by atoms with Gasteiger partial charge in [-0.1, -0.05) is 6.08 Å². The molecule has 2 N–H and O–H groups in total. The van der Waals surface area contributed by atoms with Crippen molar-refractivity contribution >= 4 is 21.9 Å². The minimum absolute atomic E-state index is 0.110. The SMILES string of the molecule is C[C@]1(NS(=O)(=O)c2ccc(C3=NCCO3)cc2)C=C2C(=O)O[C@@H]3CCC(C1)[C@]23O. The van der Waals surface area contributed by atoms with E-state index in [0.717, 1.165) is 5.56 Å². The van der Waals surface area contributed by atoms with Crippen molar-refractivity contribution in [3.8, 4) is 0 Å². The van der Waals surface area contributed by atoms with Crippen molar-refractivity contribution in [1.82, 2.24) is 4.72 Å². The van der Waals surface area contributed by atoms with E-state index in [4.69, 9.17) is 9.47 Å². The zero-order valence-electron chi connectivity index (χ0n) is 15.9. The molecule has 0 bridgehead atoms. The molecule has 2 heterocycles. The summed E-state index contributed by atoms with van der Waals surface area (Å²) in [4.78, 5) is 16.6. The molecule has 0 amide bonds. The lowest BCUT2D eigenvalue weighted by Crippen LogP contribution is -2.54. The molecule has 2 aliphatic heterocycles. The highest BCUT2D eigenvalue weighted by atomic mass is 32.2. The number of hydrogen-bond acceptors (Lipinski definition) is 7. The second-order valence-corrected chi connectivity index (χ2v) is 10.0. The van der Waals surface area contributed by atoms with Crippen LogP contribution in [0.25, 0.3) is 0 Å². The number of nitrogens with zero attached hydrogens (tertiary/aromatic N) is 1. The van der Waals surface area contributed by atoms with E-state index in [1.165, 1.54) is 18.2 Å². The Hall–Kier alpha value is -2.23. The molecule has 0 radical (unpaired) electrons. The van der Waals surface area contributed by atoms with Crippen molar-refractivity contribution < 1.29 is 27.8 Å². The van der Waals surface area contributed by atoms with Crippen LogP contribution in [0.15, 0.2) is 45.8 Å². The summed E-state index contributed by atoms with van der Waals surface area (Å²) in [6.07, 6.45) is 2.66. The van der Waals surface area contributed by atoms with Crippen molar-refractivity contribution in [2.45, 2.75) is 48.3 Å². The second-order valence-electron chi connectivity index (χ2n) is 8.34. The normalized spacial score (nSPS) is 35.6. The molecule has 8 nitrogen and oxygen atoms in total. The molecular weight excluding hydrogens is 396 g/mol. The fourth-order valence-corrected chi connectivity index (χ4v) is 6.37. The van der Waals surface area contributed by atoms with Crippen molar-refractivity contribution in [1.29, 1.82) is 0 Å². The number of rotatable bonds is 4. The van der Waals surface area contributed by atoms with E-state index >= 15 is 0 Å². The van der Waals surface area contributed by atoms with Crippen LogP contribution in [0, 0.1) is 5.92 Å². The molecule has 2 fully saturated rings. The van der Waals surface area contributed by atoms with Gasteiger partial charge >= 0.3 is 5.97 Å². The van der Waals surface area contributed by atoms with Crippen LogP contribution in [-0.4, -0.2) is 55.8 Å². The van der Waals surface area contributed by atoms with Crippen LogP contribution in [0.5, 0.6) is 0 Å². The third-order valence-corrected chi connectivity index (χ3v) is 7.92. The number of benzene rings is 1. The molecule has 0 spiro atoms. The van der Waals surface area contributed by atoms with Crippen LogP contribution in [-0.2, 0) is 24.3 Å². The molecule has 2 aliphatic carbocycles. The summed E-state index contributed by atoms with van der Waals surface area (Å²) >= 11 is 0. The molecule has 4 atom stereocenters. The maximum Gasteiger partial charge on any atom is 0.337 e. The number of aliphatic hydroxyl groups is 1. The van der Waals surface area contributed by atoms with Gasteiger partial charge in [0.1, 0.15) is 18.3 Å². The molecule has 154 valence electrons. The van der Waals surface area contributed by atoms with E-state index < -0.39 is 33.2 Å². The largest absolute Gasteiger partial charge is 0.476 e. The number of sulfonamides is 1. The predicted octanol–water partition coefficient (Wildman–Crippen LogP) is 0.897. The first-order valence-electron chi connectivity index (χ1n) is 9.70. The fourth-order valence-electron chi connectivity index (χ4n) is 5.00. The van der Waals surface area contributed by atoms with Crippen molar-refractivity contribution in [3.63, 3.8) is 0 Å². The molecule has 0 aromatic heterocycles. The average molecular weight is 418 g/mol. The number of aliphatic imine (C=N–C) groups is 1. The summed E-state index contributed by atoms with van der Waals surface area (Å²) in [7, 11) is -3.85. The van der Waals surface area contributed by atoms with Gasteiger partial charge in [0, 0.05) is 11.1 Å². The van der Waals surface area contributed by atoms with Gasteiger partial charge in [0.2, 0.25) is 15.9 Å². The molecule has 4 aliphatic rings. The molecule has 9 heteroatoms. The van der Waals surface area contributed by atoms with Crippen LogP contribution in [0.3, 0.4) is 0 Å². The Labute approximate surface area is 168 Å². The van der Waals surface area contributed by atoms with E-state index in [9.17, 15) is 18.3 Å². The lowest BCUT2D eigenvalue weighted by molar-refractivity contribution is -0.140. The predicted molar refractivity (Wildman–Crippen MR) is 103 cm³/mol. The summed E-state index contributed by atoms with van der Waals surface area (Å²) in [6.45, 7) is 2.85. The summed E-state index contributed by atoms with van der Waals surface area (Å²) in [6, 6.07) is 6.34. The molecule has 1 saturated heterocycles. The molecule has 1 unspecified atom stereocenters. The summed E-state index contributed by atoms with van der Waals surface area (Å²) < 4.78 is 39.5. The third kappa shape index (κ3) is 2.83. The minimum Gasteiger partial charge on any atom is -0.476 e. The Kier molecular flexibility index (Phi) is 3.97. The Morgan fingerprint density at radius 2 is 2.00 bits per heavy atom. The van der Waals surface area contributed by atoms with Gasteiger partial charge in [-0.2, -0.15) is 0 Å². The lowest BCUT2D eigenvalue weighted by Gasteiger charge is -2.40. The first-order chi connectivity index (χ1) is 13.7. The summed E-state index contributed by atoms with van der Waals surface area (Å²) in [5.41, 5.74) is -1.40. The maximum atomic E-state index is 13.0. The van der Waals surface area contributed by atoms with Crippen molar-refractivity contribution in [2.24, 2.45) is 10.9 Å². The van der Waals surface area contributed by atoms with E-state index in [1.807, 2.05) is 0 Å². The minimum atomic E-state index is -3.85. The molecule has 1 aromatic rings. The Morgan fingerprint density at radius 1 is 1.24 bits per heavy atom. The van der Waals surface area contributed by atoms with Crippen LogP contribution in [0.4, 0.5) is 0 Å². The first kappa shape index (κ1) is 18.8. The standard InChI is InChI=1S/C20H22N2O6S/c1-19(10-13-4-7-16-20(13,24)15(11-19)18(23)28-16)22-29(25,26)14-5-2-12(3-6-14)17-21-8-9-27-17/h2-3,5-6,11,13,16,22,24H,4,7-10H2,1H3/t13?,16-,19-,20+/m1/s1. The van der Waals surface area contributed by atoms with Gasteiger partial charge in [-0.15, -0.1) is 0 Å². The van der Waals surface area contributed by atoms with Gasteiger partial charge in [-0.3, -0.25) is 0 Å². The number of nitrogens with one attached hydrogen (secondary N) is 1. The van der Waals surface area contributed by atoms with E-state index in [0.29, 0.717) is 38.3 Å². The number of ether oxygens (including phenoxy) is 2. The Bertz CT molecular complexity index is 1050. The van der Waals surface area contributed by atoms with Gasteiger partial charge in [-0.25, -0.2) is 22.9 Å². The number of carbonyl (C=O) groups excluding carboxylic acids is 1. The highest BCUT2D eigenvalue weighted by Gasteiger charge is 2.64. The van der Waals surface area contributed by atoms with Gasteiger partial charge in [0.05, 0.1) is 17.0 Å². The zero-order valence-corrected chi connectivity index (χ0v) is 16.7. The highest BCUT2D eigenvalue weighted by Crippen LogP contribution is 2.53. The number of esters is 1. The molecule has 1 saturated carbocycles. The van der Waals surface area contributed by atoms with E-state index in [1.54, 1.807) is 19.1 Å². The van der Waals surface area contributed by atoms with Gasteiger partial charge < -0.3 is 14.6 Å². The van der Waals surface area contributed by atoms with Crippen LogP contribution >= 0.6 is 0 Å². The van der Waals surface area contributed by atoms with Gasteiger partial charge in [0.25, 0.3) is 0 Å². The summed E-state index contributed by atoms with van der Waals surface area (Å²) in [5.74, 6) is -0.277. The van der Waals surface area contributed by atoms with E-state index in [2.05, 4.69) is 9.71 Å². The van der Waals surface area contributed by atoms with Gasteiger partial charge in [-0.05, 0) is 56.4 Å². The van der Waals surface area contributed by atoms with Crippen molar-refractivity contribution in [2.75, 3.05) is 13.2 Å². The topological polar surface area (TPSA) is 114 Å². The number of hydrogen-bond donors (Lipinski definition) is 2. The van der Waals surface area contributed by atoms with Crippen molar-refractivity contribution in [3.05, 3.63) is 41.5 Å². The van der Waals surface area contributed by atoms with Crippen LogP contribution < -0.4 is 4.72 Å². The molecule has 5 rings (SSSR count). The quantitative estimate of drug-likeness (QED) is 0.702. The molecule has 1 aromatic carbocycles. The average Bonchev–Trinajstić information content (AvgIpc) is 3.36. The Balaban J connectivity index is 1.43. The summed E-state index contributed by atoms with van der Waals surface area (Å²) in [5, 5.41) is 11.0. The highest BCUT2D eigenvalue weighted by molar-refractivity contribution is 7.89. The third-order valence-electron chi connectivity index (χ3n) is 6.29. The molecule has 29 heavy (non-hydrogen) atoms. The maximum absolute atomic E-state index is 13.0. The lowest BCUT2D eigenvalue weighted by atomic mass is 9.71. The van der Waals surface area contributed by atoms with Crippen LogP contribution in [0.2, 0.25) is 0 Å². The monoisotopic (exact) mass is 418 g/mol. The van der Waals surface area contributed by atoms with Crippen LogP contribution in [0.1, 0.15) is 31.7 Å². The number of carbonyl (C=O) groups is 1. The Morgan fingerprint density at radius 3 is 2.69 bits per heavy atom. The van der Waals surface area contributed by atoms with Gasteiger partial charge in [0.15, 0.2) is 0 Å².